The van der Waals surface area contributed by atoms with Crippen LogP contribution in [0.15, 0.2) is 0 Å². The van der Waals surface area contributed by atoms with Crippen LogP contribution < -0.4 is 0 Å². The monoisotopic (exact) mass is 241 g/mol. The molecule has 4 heteroatoms. The van der Waals surface area contributed by atoms with Crippen LogP contribution >= 0.6 is 11.6 Å². The lowest BCUT2D eigenvalue weighted by Crippen LogP contribution is -2.30. The van der Waals surface area contributed by atoms with Gasteiger partial charge in [0, 0.05) is 10.8 Å². The highest BCUT2D eigenvalue weighted by Crippen LogP contribution is 2.68. The molecule has 0 N–H and O–H groups in total. The van der Waals surface area contributed by atoms with Crippen LogP contribution in [0.5, 0.6) is 0 Å². The summed E-state index contributed by atoms with van der Waals surface area (Å²) in [5.41, 5.74) is -0.277. The molecule has 2 aliphatic rings. The van der Waals surface area contributed by atoms with Gasteiger partial charge in [0.25, 0.3) is 0 Å². The van der Waals surface area contributed by atoms with E-state index in [1.165, 1.54) is 0 Å². The Labute approximate surface area is 101 Å². The zero-order chi connectivity index (χ0) is 11.8. The van der Waals surface area contributed by atoms with Gasteiger partial charge in [0.05, 0.1) is 12.7 Å². The van der Waals surface area contributed by atoms with E-state index in [1.54, 1.807) is 6.92 Å². The molecule has 0 spiro atoms. The van der Waals surface area contributed by atoms with Crippen LogP contribution in [0.4, 0.5) is 0 Å². The Morgan fingerprint density at radius 2 is 2.44 bits per heavy atom. The summed E-state index contributed by atoms with van der Waals surface area (Å²) >= 11 is 6.27. The second-order valence-electron chi connectivity index (χ2n) is 4.68. The molecule has 0 heterocycles. The summed E-state index contributed by atoms with van der Waals surface area (Å²) in [6, 6.07) is 2.11. The minimum atomic E-state index is -0.666. The molecule has 4 atom stereocenters. The van der Waals surface area contributed by atoms with Gasteiger partial charge in [-0.1, -0.05) is 12.8 Å². The highest BCUT2D eigenvalue weighted by molar-refractivity contribution is 6.24. The number of esters is 1. The topological polar surface area (TPSA) is 50.1 Å². The number of nitriles is 1. The molecule has 0 saturated heterocycles. The van der Waals surface area contributed by atoms with E-state index in [0.717, 1.165) is 25.7 Å². The van der Waals surface area contributed by atoms with Gasteiger partial charge in [-0.15, -0.1) is 11.6 Å². The molecule has 16 heavy (non-hydrogen) atoms. The number of hydrogen-bond donors (Lipinski definition) is 0. The normalized spacial score (nSPS) is 38.1. The van der Waals surface area contributed by atoms with Crippen molar-refractivity contribution in [3.05, 3.63) is 0 Å². The first-order valence-corrected chi connectivity index (χ1v) is 6.32. The number of halogens is 1. The molecule has 0 bridgehead atoms. The SMILES string of the molecule is CCOC(=O)C(C#N)C12CCCCC1C2Cl. The molecule has 2 saturated carbocycles. The van der Waals surface area contributed by atoms with Crippen molar-refractivity contribution < 1.29 is 9.53 Å². The van der Waals surface area contributed by atoms with Crippen molar-refractivity contribution >= 4 is 17.6 Å². The molecule has 0 aromatic heterocycles. The number of ether oxygens (including phenoxy) is 1. The van der Waals surface area contributed by atoms with Crippen molar-refractivity contribution in [2.75, 3.05) is 6.61 Å². The summed E-state index contributed by atoms with van der Waals surface area (Å²) < 4.78 is 4.97. The van der Waals surface area contributed by atoms with Crippen molar-refractivity contribution in [3.63, 3.8) is 0 Å². The van der Waals surface area contributed by atoms with E-state index >= 15 is 0 Å². The smallest absolute Gasteiger partial charge is 0.323 e. The molecule has 0 aliphatic heterocycles. The fourth-order valence-electron chi connectivity index (χ4n) is 3.16. The molecule has 0 aromatic rings. The zero-order valence-electron chi connectivity index (χ0n) is 9.41. The van der Waals surface area contributed by atoms with Crippen LogP contribution in [0.1, 0.15) is 32.6 Å². The fourth-order valence-corrected chi connectivity index (χ4v) is 3.84. The van der Waals surface area contributed by atoms with Gasteiger partial charge in [0.15, 0.2) is 5.92 Å². The lowest BCUT2D eigenvalue weighted by atomic mass is 9.79. The van der Waals surface area contributed by atoms with E-state index in [9.17, 15) is 10.1 Å². The maximum atomic E-state index is 11.7. The third kappa shape index (κ3) is 1.51. The van der Waals surface area contributed by atoms with Gasteiger partial charge >= 0.3 is 5.97 Å². The predicted molar refractivity (Wildman–Crippen MR) is 59.8 cm³/mol. The van der Waals surface area contributed by atoms with Crippen LogP contribution in [-0.2, 0) is 9.53 Å². The molecule has 2 aliphatic carbocycles. The minimum Gasteiger partial charge on any atom is -0.465 e. The third-order valence-electron chi connectivity index (χ3n) is 4.01. The Bertz CT molecular complexity index is 338. The largest absolute Gasteiger partial charge is 0.465 e. The fraction of sp³-hybridized carbons (Fsp3) is 0.833. The molecule has 3 nitrogen and oxygen atoms in total. The Morgan fingerprint density at radius 1 is 1.69 bits per heavy atom. The number of nitrogens with zero attached hydrogens (tertiary/aromatic N) is 1. The second kappa shape index (κ2) is 4.25. The Kier molecular flexibility index (Phi) is 3.12. The maximum Gasteiger partial charge on any atom is 0.323 e. The zero-order valence-corrected chi connectivity index (χ0v) is 10.2. The van der Waals surface area contributed by atoms with Crippen LogP contribution in [0.3, 0.4) is 0 Å². The van der Waals surface area contributed by atoms with Gasteiger partial charge in [-0.3, -0.25) is 4.79 Å². The van der Waals surface area contributed by atoms with Crippen molar-refractivity contribution in [1.29, 1.82) is 5.26 Å². The van der Waals surface area contributed by atoms with Gasteiger partial charge in [-0.2, -0.15) is 5.26 Å². The predicted octanol–water partition coefficient (Wildman–Crippen LogP) is 2.49. The molecule has 2 fully saturated rings. The van der Waals surface area contributed by atoms with Gasteiger partial charge < -0.3 is 4.74 Å². The number of carbonyl (C=O) groups excluding carboxylic acids is 1. The van der Waals surface area contributed by atoms with Gasteiger partial charge in [0.1, 0.15) is 0 Å². The summed E-state index contributed by atoms with van der Waals surface area (Å²) in [5, 5.41) is 9.17. The average molecular weight is 242 g/mol. The minimum absolute atomic E-state index is 0.0101. The quantitative estimate of drug-likeness (QED) is 0.564. The highest BCUT2D eigenvalue weighted by Gasteiger charge is 2.70. The van der Waals surface area contributed by atoms with E-state index < -0.39 is 5.92 Å². The molecular formula is C12H16ClNO2. The number of rotatable bonds is 3. The van der Waals surface area contributed by atoms with E-state index in [-0.39, 0.29) is 16.8 Å². The van der Waals surface area contributed by atoms with Crippen molar-refractivity contribution in [3.8, 4) is 6.07 Å². The van der Waals surface area contributed by atoms with E-state index in [0.29, 0.717) is 12.5 Å². The third-order valence-corrected chi connectivity index (χ3v) is 4.72. The first kappa shape index (κ1) is 11.7. The van der Waals surface area contributed by atoms with E-state index in [1.807, 2.05) is 0 Å². The van der Waals surface area contributed by atoms with Gasteiger partial charge in [-0.05, 0) is 25.7 Å². The van der Waals surface area contributed by atoms with E-state index in [2.05, 4.69) is 6.07 Å². The molecular weight excluding hydrogens is 226 g/mol. The van der Waals surface area contributed by atoms with Gasteiger partial charge in [0.2, 0.25) is 0 Å². The van der Waals surface area contributed by atoms with Crippen LogP contribution in [0.25, 0.3) is 0 Å². The van der Waals surface area contributed by atoms with Crippen molar-refractivity contribution in [2.24, 2.45) is 17.3 Å². The Morgan fingerprint density at radius 3 is 3.00 bits per heavy atom. The standard InChI is InChI=1S/C12H16ClNO2/c1-2-16-11(15)9(7-14)12-6-4-3-5-8(12)10(12)13/h8-10H,2-6H2,1H3. The lowest BCUT2D eigenvalue weighted by molar-refractivity contribution is -0.148. The molecule has 0 aromatic carbocycles. The maximum absolute atomic E-state index is 11.7. The lowest BCUT2D eigenvalue weighted by Gasteiger charge is -2.24. The van der Waals surface area contributed by atoms with Crippen molar-refractivity contribution in [1.82, 2.24) is 0 Å². The molecule has 0 radical (unpaired) electrons. The van der Waals surface area contributed by atoms with Crippen LogP contribution in [0.2, 0.25) is 0 Å². The van der Waals surface area contributed by atoms with Crippen LogP contribution in [-0.4, -0.2) is 18.0 Å². The van der Waals surface area contributed by atoms with E-state index in [4.69, 9.17) is 16.3 Å². The molecule has 88 valence electrons. The second-order valence-corrected chi connectivity index (χ2v) is 5.15. The van der Waals surface area contributed by atoms with Crippen molar-refractivity contribution in [2.45, 2.75) is 38.0 Å². The molecule has 2 rings (SSSR count). The summed E-state index contributed by atoms with van der Waals surface area (Å²) in [6.45, 7) is 2.08. The Balaban J connectivity index is 2.16. The Hall–Kier alpha value is -0.750. The highest BCUT2D eigenvalue weighted by atomic mass is 35.5. The first-order chi connectivity index (χ1) is 7.68. The number of carbonyl (C=O) groups is 1. The summed E-state index contributed by atoms with van der Waals surface area (Å²) in [7, 11) is 0. The number of fused-ring (bicyclic) bond motifs is 1. The summed E-state index contributed by atoms with van der Waals surface area (Å²) in [5.74, 6) is -0.711. The molecule has 4 unspecified atom stereocenters. The first-order valence-electron chi connectivity index (χ1n) is 5.88. The van der Waals surface area contributed by atoms with Gasteiger partial charge in [-0.25, -0.2) is 0 Å². The van der Waals surface area contributed by atoms with Crippen LogP contribution in [0, 0.1) is 28.6 Å². The summed E-state index contributed by atoms with van der Waals surface area (Å²) in [4.78, 5) is 11.7. The summed E-state index contributed by atoms with van der Waals surface area (Å²) in [6.07, 6.45) is 4.17. The molecule has 0 amide bonds. The number of alkyl halides is 1. The average Bonchev–Trinajstić information content (AvgIpc) is 2.87. The number of hydrogen-bond acceptors (Lipinski definition) is 3.